The van der Waals surface area contributed by atoms with E-state index in [-0.39, 0.29) is 5.91 Å². The van der Waals surface area contributed by atoms with E-state index in [1.165, 1.54) is 5.56 Å². The van der Waals surface area contributed by atoms with Crippen molar-refractivity contribution in [1.29, 1.82) is 0 Å². The van der Waals surface area contributed by atoms with Gasteiger partial charge in [-0.25, -0.2) is 0 Å². The normalized spacial score (nSPS) is 12.0. The van der Waals surface area contributed by atoms with Crippen LogP contribution in [0.3, 0.4) is 0 Å². The van der Waals surface area contributed by atoms with Crippen molar-refractivity contribution in [3.63, 3.8) is 0 Å². The summed E-state index contributed by atoms with van der Waals surface area (Å²) in [6, 6.07) is 6.15. The molecule has 1 amide bonds. The van der Waals surface area contributed by atoms with Crippen molar-refractivity contribution in [1.82, 2.24) is 5.32 Å². The van der Waals surface area contributed by atoms with Crippen LogP contribution >= 0.6 is 0 Å². The smallest absolute Gasteiger partial charge is 0.220 e. The topological polar surface area (TPSA) is 58.6 Å². The van der Waals surface area contributed by atoms with Crippen LogP contribution in [0.25, 0.3) is 0 Å². The first-order chi connectivity index (χ1) is 9.49. The Bertz CT molecular complexity index is 430. The maximum absolute atomic E-state index is 11.4. The summed E-state index contributed by atoms with van der Waals surface area (Å²) in [7, 11) is 0. The molecular formula is C16H25NO3. The highest BCUT2D eigenvalue weighted by atomic mass is 16.5. The zero-order chi connectivity index (χ0) is 15.0. The third-order valence-electron chi connectivity index (χ3n) is 2.99. The van der Waals surface area contributed by atoms with Gasteiger partial charge in [0.2, 0.25) is 5.91 Å². The number of nitrogens with one attached hydrogen (secondary N) is 1. The van der Waals surface area contributed by atoms with Crippen molar-refractivity contribution < 1.29 is 14.6 Å². The van der Waals surface area contributed by atoms with Gasteiger partial charge >= 0.3 is 0 Å². The summed E-state index contributed by atoms with van der Waals surface area (Å²) in [6.45, 7) is 6.65. The van der Waals surface area contributed by atoms with Crippen molar-refractivity contribution in [2.75, 3.05) is 13.2 Å². The molecular weight excluding hydrogens is 254 g/mol. The molecule has 0 aliphatic rings. The van der Waals surface area contributed by atoms with E-state index in [9.17, 15) is 4.79 Å². The average molecular weight is 279 g/mol. The number of unbranched alkanes of at least 4 members (excludes halogenated alkanes) is 1. The fraction of sp³-hybridized carbons (Fsp3) is 0.562. The average Bonchev–Trinajstić information content (AvgIpc) is 2.39. The van der Waals surface area contributed by atoms with E-state index < -0.39 is 6.10 Å². The molecule has 0 spiro atoms. The molecule has 0 heterocycles. The molecule has 0 saturated heterocycles. The van der Waals surface area contributed by atoms with E-state index in [2.05, 4.69) is 11.4 Å². The van der Waals surface area contributed by atoms with E-state index in [0.29, 0.717) is 19.6 Å². The fourth-order valence-corrected chi connectivity index (χ4v) is 1.78. The van der Waals surface area contributed by atoms with Crippen LogP contribution in [0.2, 0.25) is 0 Å². The molecule has 4 nitrogen and oxygen atoms in total. The molecule has 1 rings (SSSR count). The summed E-state index contributed by atoms with van der Waals surface area (Å²) in [6.07, 6.45) is 1.61. The molecule has 0 saturated carbocycles. The molecule has 4 heteroatoms. The van der Waals surface area contributed by atoms with E-state index in [4.69, 9.17) is 9.84 Å². The Balaban J connectivity index is 2.16. The minimum absolute atomic E-state index is 0.0161. The maximum atomic E-state index is 11.4. The van der Waals surface area contributed by atoms with Crippen LogP contribution in [-0.2, 0) is 4.79 Å². The molecule has 1 aromatic rings. The Morgan fingerprint density at radius 2 is 2.10 bits per heavy atom. The molecule has 2 N–H and O–H groups in total. The van der Waals surface area contributed by atoms with Crippen LogP contribution in [0.15, 0.2) is 18.2 Å². The SMILES string of the molecule is Cc1ccc(C)c(OCCCCC(=O)NCC(C)O)c1. The molecule has 0 radical (unpaired) electrons. The number of aliphatic hydroxyl groups is 1. The number of aryl methyl sites for hydroxylation is 2. The van der Waals surface area contributed by atoms with E-state index in [0.717, 1.165) is 24.2 Å². The molecule has 112 valence electrons. The Morgan fingerprint density at radius 3 is 2.80 bits per heavy atom. The molecule has 1 atom stereocenters. The minimum atomic E-state index is -0.494. The van der Waals surface area contributed by atoms with Crippen molar-refractivity contribution >= 4 is 5.91 Å². The van der Waals surface area contributed by atoms with Crippen LogP contribution in [0.1, 0.15) is 37.3 Å². The third-order valence-corrected chi connectivity index (χ3v) is 2.99. The molecule has 0 aliphatic carbocycles. The van der Waals surface area contributed by atoms with E-state index in [1.54, 1.807) is 6.92 Å². The molecule has 0 bridgehead atoms. The predicted molar refractivity (Wildman–Crippen MR) is 80.0 cm³/mol. The van der Waals surface area contributed by atoms with Crippen LogP contribution in [0.4, 0.5) is 0 Å². The molecule has 0 aliphatic heterocycles. The van der Waals surface area contributed by atoms with Crippen LogP contribution in [0.5, 0.6) is 5.75 Å². The molecule has 0 fully saturated rings. The Labute approximate surface area is 121 Å². The highest BCUT2D eigenvalue weighted by Gasteiger charge is 2.03. The van der Waals surface area contributed by atoms with Gasteiger partial charge in [0.15, 0.2) is 0 Å². The Morgan fingerprint density at radius 1 is 1.35 bits per heavy atom. The van der Waals surface area contributed by atoms with E-state index >= 15 is 0 Å². The zero-order valence-electron chi connectivity index (χ0n) is 12.6. The number of carbonyl (C=O) groups is 1. The first kappa shape index (κ1) is 16.5. The second-order valence-corrected chi connectivity index (χ2v) is 5.23. The number of hydrogen-bond acceptors (Lipinski definition) is 3. The van der Waals surface area contributed by atoms with Gasteiger partial charge in [-0.3, -0.25) is 4.79 Å². The van der Waals surface area contributed by atoms with Crippen molar-refractivity contribution in [2.24, 2.45) is 0 Å². The van der Waals surface area contributed by atoms with Gasteiger partial charge in [-0.1, -0.05) is 12.1 Å². The highest BCUT2D eigenvalue weighted by Crippen LogP contribution is 2.19. The van der Waals surface area contributed by atoms with Crippen molar-refractivity contribution in [3.05, 3.63) is 29.3 Å². The number of amides is 1. The van der Waals surface area contributed by atoms with Crippen LogP contribution < -0.4 is 10.1 Å². The third kappa shape index (κ3) is 6.57. The number of carbonyl (C=O) groups excluding carboxylic acids is 1. The van der Waals surface area contributed by atoms with Gasteiger partial charge in [-0.05, 0) is 50.8 Å². The first-order valence-electron chi connectivity index (χ1n) is 7.14. The number of benzene rings is 1. The van der Waals surface area contributed by atoms with Gasteiger partial charge in [0.25, 0.3) is 0 Å². The van der Waals surface area contributed by atoms with Crippen molar-refractivity contribution in [2.45, 2.75) is 46.1 Å². The number of hydrogen-bond donors (Lipinski definition) is 2. The lowest BCUT2D eigenvalue weighted by Gasteiger charge is -2.10. The van der Waals surface area contributed by atoms with Gasteiger partial charge in [-0.15, -0.1) is 0 Å². The van der Waals surface area contributed by atoms with Crippen molar-refractivity contribution in [3.8, 4) is 5.75 Å². The molecule has 1 unspecified atom stereocenters. The molecule has 1 aromatic carbocycles. The summed E-state index contributed by atoms with van der Waals surface area (Å²) < 4.78 is 5.73. The first-order valence-corrected chi connectivity index (χ1v) is 7.14. The predicted octanol–water partition coefficient (Wildman–Crippen LogP) is 2.35. The number of ether oxygens (including phenoxy) is 1. The summed E-state index contributed by atoms with van der Waals surface area (Å²) in [4.78, 5) is 11.4. The summed E-state index contributed by atoms with van der Waals surface area (Å²) >= 11 is 0. The van der Waals surface area contributed by atoms with Gasteiger partial charge in [0, 0.05) is 13.0 Å². The lowest BCUT2D eigenvalue weighted by molar-refractivity contribution is -0.121. The maximum Gasteiger partial charge on any atom is 0.220 e. The van der Waals surface area contributed by atoms with Crippen LogP contribution in [0, 0.1) is 13.8 Å². The van der Waals surface area contributed by atoms with Crippen LogP contribution in [-0.4, -0.2) is 30.3 Å². The largest absolute Gasteiger partial charge is 0.493 e. The molecule has 20 heavy (non-hydrogen) atoms. The Kier molecular flexibility index (Phi) is 7.09. The highest BCUT2D eigenvalue weighted by molar-refractivity contribution is 5.75. The second-order valence-electron chi connectivity index (χ2n) is 5.23. The van der Waals surface area contributed by atoms with Gasteiger partial charge in [0.05, 0.1) is 12.7 Å². The van der Waals surface area contributed by atoms with E-state index in [1.807, 2.05) is 26.0 Å². The summed E-state index contributed by atoms with van der Waals surface area (Å²) in [5.74, 6) is 0.904. The monoisotopic (exact) mass is 279 g/mol. The molecule has 0 aromatic heterocycles. The van der Waals surface area contributed by atoms with Gasteiger partial charge in [0.1, 0.15) is 5.75 Å². The van der Waals surface area contributed by atoms with Gasteiger partial charge < -0.3 is 15.2 Å². The summed E-state index contributed by atoms with van der Waals surface area (Å²) in [5, 5.41) is 11.7. The zero-order valence-corrected chi connectivity index (χ0v) is 12.6. The standard InChI is InChI=1S/C16H25NO3/c1-12-7-8-13(2)15(10-12)20-9-5-4-6-16(19)17-11-14(3)18/h7-8,10,14,18H,4-6,9,11H2,1-3H3,(H,17,19). The lowest BCUT2D eigenvalue weighted by atomic mass is 10.1. The lowest BCUT2D eigenvalue weighted by Crippen LogP contribution is -2.30. The number of rotatable bonds is 8. The quantitative estimate of drug-likeness (QED) is 0.718. The summed E-state index contributed by atoms with van der Waals surface area (Å²) in [5.41, 5.74) is 2.31. The number of aliphatic hydroxyl groups excluding tert-OH is 1. The minimum Gasteiger partial charge on any atom is -0.493 e. The fourth-order valence-electron chi connectivity index (χ4n) is 1.78. The second kappa shape index (κ2) is 8.59. The van der Waals surface area contributed by atoms with Gasteiger partial charge in [-0.2, -0.15) is 0 Å². The Hall–Kier alpha value is -1.55.